The van der Waals surface area contributed by atoms with Gasteiger partial charge < -0.3 is 4.90 Å². The monoisotopic (exact) mass is 416 g/mol. The first-order valence-corrected chi connectivity index (χ1v) is 9.62. The van der Waals surface area contributed by atoms with Gasteiger partial charge in [-0.05, 0) is 17.5 Å². The van der Waals surface area contributed by atoms with Gasteiger partial charge in [-0.2, -0.15) is 5.26 Å². The molecule has 0 atom stereocenters. The van der Waals surface area contributed by atoms with Crippen LogP contribution in [0.15, 0.2) is 77.7 Å². The van der Waals surface area contributed by atoms with Crippen LogP contribution in [-0.2, 0) is 24.3 Å². The minimum absolute atomic E-state index is 0.335. The number of amides is 1. The number of pyridine rings is 1. The zero-order valence-electron chi connectivity index (χ0n) is 16.7. The summed E-state index contributed by atoms with van der Waals surface area (Å²) in [5.74, 6) is -0.369. The van der Waals surface area contributed by atoms with E-state index in [9.17, 15) is 19.7 Å². The summed E-state index contributed by atoms with van der Waals surface area (Å²) in [5.41, 5.74) is 0.466. The van der Waals surface area contributed by atoms with Crippen LogP contribution in [0.1, 0.15) is 16.7 Å². The van der Waals surface area contributed by atoms with E-state index in [0.717, 1.165) is 28.0 Å². The molecule has 3 aromatic rings. The summed E-state index contributed by atoms with van der Waals surface area (Å²) >= 11 is 0. The van der Waals surface area contributed by atoms with Crippen molar-refractivity contribution in [1.82, 2.24) is 9.47 Å². The maximum atomic E-state index is 13.1. The molecule has 8 heteroatoms. The first-order valence-electron chi connectivity index (χ1n) is 9.62. The van der Waals surface area contributed by atoms with Gasteiger partial charge in [0.1, 0.15) is 18.2 Å². The van der Waals surface area contributed by atoms with Gasteiger partial charge in [0.15, 0.2) is 0 Å². The molecular formula is C23H20N4O4. The molecule has 156 valence electrons. The Morgan fingerprint density at radius 1 is 1.06 bits per heavy atom. The number of nitrogens with zero attached hydrogens (tertiary/aromatic N) is 4. The predicted molar refractivity (Wildman–Crippen MR) is 114 cm³/mol. The number of hydrogen-bond acceptors (Lipinski definition) is 5. The van der Waals surface area contributed by atoms with Crippen molar-refractivity contribution >= 4 is 11.6 Å². The molecule has 0 aliphatic heterocycles. The molecule has 2 aromatic carbocycles. The fourth-order valence-electron chi connectivity index (χ4n) is 3.17. The number of benzene rings is 2. The summed E-state index contributed by atoms with van der Waals surface area (Å²) in [6.07, 6.45) is 1.62. The highest BCUT2D eigenvalue weighted by molar-refractivity contribution is 5.76. The Bertz CT molecular complexity index is 1170. The normalized spacial score (nSPS) is 10.3. The second kappa shape index (κ2) is 9.98. The maximum absolute atomic E-state index is 13.1. The molecule has 0 spiro atoms. The first-order chi connectivity index (χ1) is 15.0. The van der Waals surface area contributed by atoms with Gasteiger partial charge in [-0.15, -0.1) is 0 Å². The summed E-state index contributed by atoms with van der Waals surface area (Å²) in [4.78, 5) is 37.6. The van der Waals surface area contributed by atoms with Crippen molar-refractivity contribution in [2.45, 2.75) is 19.5 Å². The van der Waals surface area contributed by atoms with E-state index in [1.807, 2.05) is 60.7 Å². The minimum Gasteiger partial charge on any atom is -0.336 e. The average molecular weight is 416 g/mol. The van der Waals surface area contributed by atoms with Gasteiger partial charge in [0.05, 0.1) is 11.1 Å². The second-order valence-corrected chi connectivity index (χ2v) is 6.95. The zero-order valence-corrected chi connectivity index (χ0v) is 16.7. The predicted octanol–water partition coefficient (Wildman–Crippen LogP) is 2.90. The molecule has 0 fully saturated rings. The number of nitriles is 1. The van der Waals surface area contributed by atoms with Crippen molar-refractivity contribution in [2.24, 2.45) is 0 Å². The first kappa shape index (κ1) is 21.5. The van der Waals surface area contributed by atoms with Crippen LogP contribution in [0.2, 0.25) is 0 Å². The zero-order chi connectivity index (χ0) is 22.2. The van der Waals surface area contributed by atoms with E-state index in [1.54, 1.807) is 11.0 Å². The molecule has 0 unspecified atom stereocenters. The van der Waals surface area contributed by atoms with Crippen molar-refractivity contribution in [2.75, 3.05) is 6.54 Å². The van der Waals surface area contributed by atoms with Gasteiger partial charge in [-0.25, -0.2) is 0 Å². The van der Waals surface area contributed by atoms with Crippen LogP contribution < -0.4 is 5.56 Å². The molecule has 0 aliphatic carbocycles. The Morgan fingerprint density at radius 3 is 2.26 bits per heavy atom. The number of hydrogen-bond donors (Lipinski definition) is 0. The summed E-state index contributed by atoms with van der Waals surface area (Å²) in [7, 11) is 0. The van der Waals surface area contributed by atoms with E-state index >= 15 is 0 Å². The topological polar surface area (TPSA) is 109 Å². The molecular weight excluding hydrogens is 396 g/mol. The summed E-state index contributed by atoms with van der Waals surface area (Å²) in [5, 5.41) is 20.3. The van der Waals surface area contributed by atoms with E-state index < -0.39 is 22.7 Å². The summed E-state index contributed by atoms with van der Waals surface area (Å²) in [6, 6.07) is 21.7. The SMILES string of the molecule is N#Cc1cc([N+](=O)[O-])cn(CC(=O)N(CCc2ccccc2)Cc2ccccc2)c1=O. The van der Waals surface area contributed by atoms with Gasteiger partial charge in [-0.1, -0.05) is 60.7 Å². The quantitative estimate of drug-likeness (QED) is 0.414. The lowest BCUT2D eigenvalue weighted by molar-refractivity contribution is -0.385. The Morgan fingerprint density at radius 2 is 1.68 bits per heavy atom. The second-order valence-electron chi connectivity index (χ2n) is 6.95. The summed E-state index contributed by atoms with van der Waals surface area (Å²) in [6.45, 7) is 0.352. The van der Waals surface area contributed by atoms with Crippen molar-refractivity contribution in [3.8, 4) is 6.07 Å². The van der Waals surface area contributed by atoms with E-state index in [2.05, 4.69) is 0 Å². The molecule has 0 aliphatic rings. The molecule has 1 heterocycles. The lowest BCUT2D eigenvalue weighted by atomic mass is 10.1. The Balaban J connectivity index is 1.85. The van der Waals surface area contributed by atoms with Gasteiger partial charge in [-0.3, -0.25) is 24.3 Å². The highest BCUT2D eigenvalue weighted by Gasteiger charge is 2.19. The molecule has 0 radical (unpaired) electrons. The minimum atomic E-state index is -0.732. The number of carbonyl (C=O) groups excluding carboxylic acids is 1. The summed E-state index contributed by atoms with van der Waals surface area (Å²) < 4.78 is 0.930. The largest absolute Gasteiger partial charge is 0.336 e. The molecule has 3 rings (SSSR count). The lowest BCUT2D eigenvalue weighted by Gasteiger charge is -2.23. The number of nitro groups is 1. The van der Waals surface area contributed by atoms with Crippen molar-refractivity contribution in [3.05, 3.63) is 110 Å². The van der Waals surface area contributed by atoms with Gasteiger partial charge in [0.25, 0.3) is 11.2 Å². The molecule has 1 aromatic heterocycles. The Labute approximate surface area is 178 Å². The number of aromatic nitrogens is 1. The van der Waals surface area contributed by atoms with E-state index in [4.69, 9.17) is 5.26 Å². The van der Waals surface area contributed by atoms with Crippen LogP contribution in [0.5, 0.6) is 0 Å². The highest BCUT2D eigenvalue weighted by Crippen LogP contribution is 2.12. The smallest absolute Gasteiger partial charge is 0.287 e. The van der Waals surface area contributed by atoms with Gasteiger partial charge in [0.2, 0.25) is 5.91 Å². The molecule has 8 nitrogen and oxygen atoms in total. The third-order valence-corrected chi connectivity index (χ3v) is 4.79. The third-order valence-electron chi connectivity index (χ3n) is 4.79. The third kappa shape index (κ3) is 5.64. The fourth-order valence-corrected chi connectivity index (χ4v) is 3.17. The highest BCUT2D eigenvalue weighted by atomic mass is 16.6. The van der Waals surface area contributed by atoms with Crippen LogP contribution in [0.3, 0.4) is 0 Å². The number of carbonyl (C=O) groups is 1. The lowest BCUT2D eigenvalue weighted by Crippen LogP contribution is -2.37. The molecule has 0 saturated carbocycles. The maximum Gasteiger partial charge on any atom is 0.287 e. The van der Waals surface area contributed by atoms with E-state index in [-0.39, 0.29) is 11.5 Å². The van der Waals surface area contributed by atoms with E-state index in [0.29, 0.717) is 19.5 Å². The van der Waals surface area contributed by atoms with Crippen LogP contribution in [-0.4, -0.2) is 26.8 Å². The van der Waals surface area contributed by atoms with Crippen molar-refractivity contribution in [3.63, 3.8) is 0 Å². The average Bonchev–Trinajstić information content (AvgIpc) is 2.79. The van der Waals surface area contributed by atoms with Crippen LogP contribution >= 0.6 is 0 Å². The molecule has 0 N–H and O–H groups in total. The molecule has 1 amide bonds. The van der Waals surface area contributed by atoms with Crippen LogP contribution in [0, 0.1) is 21.4 Å². The molecule has 0 saturated heterocycles. The fraction of sp³-hybridized carbons (Fsp3) is 0.174. The van der Waals surface area contributed by atoms with Crippen LogP contribution in [0.25, 0.3) is 0 Å². The van der Waals surface area contributed by atoms with E-state index in [1.165, 1.54) is 0 Å². The van der Waals surface area contributed by atoms with Crippen molar-refractivity contribution < 1.29 is 9.72 Å². The van der Waals surface area contributed by atoms with Crippen molar-refractivity contribution in [1.29, 1.82) is 5.26 Å². The van der Waals surface area contributed by atoms with Gasteiger partial charge >= 0.3 is 0 Å². The molecule has 0 bridgehead atoms. The van der Waals surface area contributed by atoms with Crippen LogP contribution in [0.4, 0.5) is 5.69 Å². The standard InChI is InChI=1S/C23H20N4O4/c24-14-20-13-21(27(30)31)16-26(23(20)29)17-22(28)25(15-19-9-5-2-6-10-19)12-11-18-7-3-1-4-8-18/h1-10,13,16H,11-12,15,17H2. The Kier molecular flexibility index (Phi) is 6.91. The Hall–Kier alpha value is -4.25. The molecule has 31 heavy (non-hydrogen) atoms. The van der Waals surface area contributed by atoms with Gasteiger partial charge in [0, 0.05) is 19.2 Å². The number of rotatable bonds is 8.